The monoisotopic (exact) mass is 1070 g/mol. The topological polar surface area (TPSA) is 437 Å². The molecule has 0 unspecified atom stereocenters. The number of nitrogens with two attached hydrogens (primary N) is 2. The van der Waals surface area contributed by atoms with Crippen molar-refractivity contribution in [2.24, 2.45) is 11.5 Å². The molecule has 5 rings (SSSR count). The van der Waals surface area contributed by atoms with Crippen LogP contribution in [0.4, 0.5) is 0 Å². The molecular weight excluding hydrogens is 1000 g/mol. The van der Waals surface area contributed by atoms with E-state index in [1.54, 1.807) is 0 Å². The number of aliphatic carboxylic acids is 1. The molecule has 0 spiro atoms. The van der Waals surface area contributed by atoms with Crippen LogP contribution < -0.4 is 38.1 Å². The summed E-state index contributed by atoms with van der Waals surface area (Å²) in [4.78, 5) is 126. The van der Waals surface area contributed by atoms with Gasteiger partial charge in [0.1, 0.15) is 59.8 Å². The Morgan fingerprint density at radius 3 is 1.41 bits per heavy atom. The van der Waals surface area contributed by atoms with Crippen molar-refractivity contribution in [2.45, 2.75) is 144 Å². The van der Waals surface area contributed by atoms with Crippen LogP contribution in [0.1, 0.15) is 63.5 Å². The van der Waals surface area contributed by atoms with E-state index in [1.165, 1.54) is 55.5 Å². The van der Waals surface area contributed by atoms with Gasteiger partial charge in [-0.1, -0.05) is 24.3 Å². The Hall–Kier alpha value is -7.01. The Kier molecular flexibility index (Phi) is 21.4. The minimum atomic E-state index is -1.85. The van der Waals surface area contributed by atoms with E-state index in [1.807, 2.05) is 0 Å². The molecule has 0 saturated carbocycles. The minimum Gasteiger partial charge on any atom is -0.508 e. The first kappa shape index (κ1) is 59.9. The van der Waals surface area contributed by atoms with Crippen molar-refractivity contribution in [3.63, 3.8) is 0 Å². The van der Waals surface area contributed by atoms with E-state index in [9.17, 15) is 84.0 Å². The van der Waals surface area contributed by atoms with Gasteiger partial charge in [0.15, 0.2) is 0 Å². The molecule has 8 amide bonds. The van der Waals surface area contributed by atoms with Crippen molar-refractivity contribution >= 4 is 53.2 Å². The van der Waals surface area contributed by atoms with E-state index >= 15 is 0 Å². The number of phenols is 2. The Bertz CT molecular complexity index is 2390. The van der Waals surface area contributed by atoms with Gasteiger partial charge in [-0.2, -0.15) is 0 Å². The zero-order valence-corrected chi connectivity index (χ0v) is 42.1. The summed E-state index contributed by atoms with van der Waals surface area (Å²) in [6.45, 7) is 0.600. The Morgan fingerprint density at radius 2 is 0.987 bits per heavy atom. The van der Waals surface area contributed by atoms with Crippen molar-refractivity contribution in [2.75, 3.05) is 32.8 Å². The largest absolute Gasteiger partial charge is 0.508 e. The van der Waals surface area contributed by atoms with Gasteiger partial charge in [0.05, 0.1) is 37.1 Å². The number of hydrogen-bond acceptors (Lipinski definition) is 18. The molecule has 17 N–H and O–H groups in total. The van der Waals surface area contributed by atoms with Crippen LogP contribution in [-0.4, -0.2) is 220 Å². The molecule has 76 heavy (non-hydrogen) atoms. The van der Waals surface area contributed by atoms with E-state index in [0.717, 1.165) is 21.6 Å². The molecule has 13 atom stereocenters. The molecule has 3 aliphatic heterocycles. The summed E-state index contributed by atoms with van der Waals surface area (Å²) in [5.41, 5.74) is 12.1. The lowest BCUT2D eigenvalue weighted by molar-refractivity contribution is -0.149. The number of aliphatic hydroxyl groups excluding tert-OH is 5. The molecular formula is C49H70N10O17. The van der Waals surface area contributed by atoms with Crippen LogP contribution in [0, 0.1) is 0 Å². The van der Waals surface area contributed by atoms with Crippen LogP contribution in [-0.2, 0) is 56.0 Å². The van der Waals surface area contributed by atoms with Gasteiger partial charge in [-0.05, 0) is 75.0 Å². The summed E-state index contributed by atoms with van der Waals surface area (Å²) < 4.78 is 0. The number of nitrogens with zero attached hydrogens (tertiary/aromatic N) is 3. The standard InChI is InChI=1S/C49H70N10O17/c1-24(51)41(67)52-33(5-3-4-14-50)46(72)57-20-30(64)17-37(57)43(69)55-36(23-60)42(68)53-34(15-26-6-10-28(62)11-7-26)47(73)58-21-31(65)18-38(58)44(70)56-40(25(2)61)45(71)54-35(16-27-8-12-29(63)13-9-27)48(74)59-22-32(66)19-39(59)49(75)76/h6-13,24-25,30-40,60-66H,3-5,14-23,50-51H2,1-2H3,(H,52,67)(H,53,68)(H,54,71)(H,55,69)(H,56,70)(H,75,76)/t24-,25+,30+,31+,32+,33-,34-,35-,36-,37-,38-,39-,40-/m0/s1. The first-order chi connectivity index (χ1) is 35.9. The summed E-state index contributed by atoms with van der Waals surface area (Å²) >= 11 is 0. The molecule has 2 aromatic carbocycles. The normalized spacial score (nSPS) is 23.0. The number of unbranched alkanes of at least 4 members (excludes halogenated alkanes) is 1. The fourth-order valence-corrected chi connectivity index (χ4v) is 9.34. The smallest absolute Gasteiger partial charge is 0.326 e. The lowest BCUT2D eigenvalue weighted by Crippen LogP contribution is -2.62. The highest BCUT2D eigenvalue weighted by molar-refractivity contribution is 5.99. The molecule has 2 aromatic rings. The van der Waals surface area contributed by atoms with Crippen LogP contribution in [0.2, 0.25) is 0 Å². The van der Waals surface area contributed by atoms with Gasteiger partial charge in [-0.25, -0.2) is 4.79 Å². The van der Waals surface area contributed by atoms with Crippen LogP contribution in [0.5, 0.6) is 11.5 Å². The van der Waals surface area contributed by atoms with Crippen LogP contribution in [0.25, 0.3) is 0 Å². The average Bonchev–Trinajstić information content (AvgIpc) is 4.10. The van der Waals surface area contributed by atoms with E-state index < -0.39 is 152 Å². The zero-order valence-electron chi connectivity index (χ0n) is 42.1. The number of carbonyl (C=O) groups is 9. The van der Waals surface area contributed by atoms with E-state index in [4.69, 9.17) is 11.5 Å². The van der Waals surface area contributed by atoms with Gasteiger partial charge in [-0.3, -0.25) is 38.4 Å². The number of hydrogen-bond donors (Lipinski definition) is 15. The van der Waals surface area contributed by atoms with Crippen molar-refractivity contribution in [1.29, 1.82) is 0 Å². The lowest BCUT2D eigenvalue weighted by atomic mass is 10.0. The predicted octanol–water partition coefficient (Wildman–Crippen LogP) is -5.87. The second kappa shape index (κ2) is 27.2. The van der Waals surface area contributed by atoms with E-state index in [-0.39, 0.29) is 56.7 Å². The third kappa shape index (κ3) is 15.8. The molecule has 3 heterocycles. The van der Waals surface area contributed by atoms with E-state index in [2.05, 4.69) is 26.6 Å². The third-order valence-electron chi connectivity index (χ3n) is 13.4. The number of rotatable bonds is 24. The van der Waals surface area contributed by atoms with Gasteiger partial charge in [-0.15, -0.1) is 0 Å². The van der Waals surface area contributed by atoms with Crippen molar-refractivity contribution in [3.05, 3.63) is 59.7 Å². The van der Waals surface area contributed by atoms with Gasteiger partial charge in [0.25, 0.3) is 0 Å². The lowest BCUT2D eigenvalue weighted by Gasteiger charge is -2.32. The van der Waals surface area contributed by atoms with Gasteiger partial charge in [0.2, 0.25) is 47.3 Å². The summed E-state index contributed by atoms with van der Waals surface area (Å²) in [5, 5.41) is 95.0. The predicted molar refractivity (Wildman–Crippen MR) is 265 cm³/mol. The zero-order chi connectivity index (χ0) is 56.1. The summed E-state index contributed by atoms with van der Waals surface area (Å²) in [7, 11) is 0. The second-order valence-corrected chi connectivity index (χ2v) is 19.5. The second-order valence-electron chi connectivity index (χ2n) is 19.5. The summed E-state index contributed by atoms with van der Waals surface area (Å²) in [6.07, 6.45) is -5.99. The highest BCUT2D eigenvalue weighted by Gasteiger charge is 2.46. The molecule has 27 heteroatoms. The number of aliphatic hydroxyl groups is 5. The first-order valence-corrected chi connectivity index (χ1v) is 24.9. The quantitative estimate of drug-likeness (QED) is 0.0435. The number of β-amino-alcohol motifs (C(OH)–C–C–N with tert-alkyl or cyclic N) is 3. The maximum atomic E-state index is 14.6. The molecule has 0 aliphatic carbocycles. The number of likely N-dealkylation sites (tertiary alicyclic amines) is 3. The Morgan fingerprint density at radius 1 is 0.579 bits per heavy atom. The van der Waals surface area contributed by atoms with Crippen molar-refractivity contribution in [3.8, 4) is 11.5 Å². The highest BCUT2D eigenvalue weighted by Crippen LogP contribution is 2.25. The van der Waals surface area contributed by atoms with Crippen LogP contribution >= 0.6 is 0 Å². The fourth-order valence-electron chi connectivity index (χ4n) is 9.34. The van der Waals surface area contributed by atoms with Gasteiger partial charge < -0.3 is 93.6 Å². The number of phenolic OH excluding ortho intramolecular Hbond substituents is 2. The van der Waals surface area contributed by atoms with E-state index in [0.29, 0.717) is 30.5 Å². The SMILES string of the molecule is C[C@H](N)C(=O)N[C@@H](CCCCN)C(=O)N1C[C@H](O)C[C@H]1C(=O)N[C@@H](CO)C(=O)N[C@@H](Cc1ccc(O)cc1)C(=O)N1C[C@H](O)C[C@H]1C(=O)N[C@H](C(=O)N[C@@H](Cc1ccc(O)cc1)C(=O)N1C[C@H](O)C[C@H]1C(=O)O)[C@@H](C)O. The molecule has 0 radical (unpaired) electrons. The van der Waals surface area contributed by atoms with Crippen LogP contribution in [0.3, 0.4) is 0 Å². The minimum absolute atomic E-state index is 0.116. The average molecular weight is 1070 g/mol. The van der Waals surface area contributed by atoms with Crippen molar-refractivity contribution in [1.82, 2.24) is 41.3 Å². The number of aromatic hydroxyl groups is 2. The number of amides is 8. The number of benzene rings is 2. The first-order valence-electron chi connectivity index (χ1n) is 24.9. The molecule has 0 bridgehead atoms. The molecule has 3 aliphatic rings. The van der Waals surface area contributed by atoms with Crippen LogP contribution in [0.15, 0.2) is 48.5 Å². The Balaban J connectivity index is 1.35. The maximum Gasteiger partial charge on any atom is 0.326 e. The molecule has 27 nitrogen and oxygen atoms in total. The number of carboxylic acids is 1. The molecule has 3 saturated heterocycles. The number of carbonyl (C=O) groups excluding carboxylic acids is 8. The number of nitrogens with one attached hydrogen (secondary N) is 5. The highest BCUT2D eigenvalue weighted by atomic mass is 16.4. The summed E-state index contributed by atoms with van der Waals surface area (Å²) in [6, 6.07) is -2.43. The third-order valence-corrected chi connectivity index (χ3v) is 13.4. The molecule has 418 valence electrons. The van der Waals surface area contributed by atoms with Crippen molar-refractivity contribution < 1.29 is 84.0 Å². The maximum absolute atomic E-state index is 14.6. The number of carboxylic acid groups (broad SMARTS) is 1. The molecule has 0 aromatic heterocycles. The van der Waals surface area contributed by atoms with Gasteiger partial charge >= 0.3 is 5.97 Å². The molecule has 3 fully saturated rings. The summed E-state index contributed by atoms with van der Waals surface area (Å²) in [5.74, 6) is -9.26. The Labute approximate surface area is 436 Å². The fraction of sp³-hybridized carbons (Fsp3) is 0.571. The van der Waals surface area contributed by atoms with Gasteiger partial charge in [0, 0.05) is 51.7 Å².